The fraction of sp³-hybridized carbons (Fsp3) is 0.526. The first-order chi connectivity index (χ1) is 11.1. The fourth-order valence-corrected chi connectivity index (χ4v) is 3.98. The Morgan fingerprint density at radius 3 is 2.78 bits per heavy atom. The number of amides is 1. The zero-order valence-electron chi connectivity index (χ0n) is 14.2. The molecule has 4 nitrogen and oxygen atoms in total. The van der Waals surface area contributed by atoms with Gasteiger partial charge in [-0.15, -0.1) is 0 Å². The molecule has 1 saturated heterocycles. The van der Waals surface area contributed by atoms with E-state index >= 15 is 0 Å². The van der Waals surface area contributed by atoms with Crippen LogP contribution in [-0.4, -0.2) is 28.5 Å². The van der Waals surface area contributed by atoms with Crippen LogP contribution in [0.5, 0.6) is 0 Å². The first kappa shape index (κ1) is 16.1. The minimum Gasteiger partial charge on any atom is -0.369 e. The number of likely N-dealkylation sites (tertiary alicyclic amines) is 1. The summed E-state index contributed by atoms with van der Waals surface area (Å²) in [6.45, 7) is 7.94. The number of hydrogen-bond acceptors (Lipinski definition) is 2. The van der Waals surface area contributed by atoms with Gasteiger partial charge in [0.05, 0.1) is 5.41 Å². The van der Waals surface area contributed by atoms with Crippen molar-refractivity contribution in [1.29, 1.82) is 0 Å². The number of hydrogen-bond donors (Lipinski definition) is 1. The van der Waals surface area contributed by atoms with Crippen molar-refractivity contribution >= 4 is 16.8 Å². The molecule has 124 valence electrons. The van der Waals surface area contributed by atoms with E-state index in [9.17, 15) is 4.79 Å². The maximum absolute atomic E-state index is 12.0. The Morgan fingerprint density at radius 2 is 2.09 bits per heavy atom. The van der Waals surface area contributed by atoms with Gasteiger partial charge in [0, 0.05) is 36.7 Å². The number of nitrogens with two attached hydrogens (primary N) is 1. The SMILES string of the molecule is CCn1cc(CN2CCCC(CC)(C(N)=O)C2)c2ccccc21. The second-order valence-corrected chi connectivity index (χ2v) is 6.77. The van der Waals surface area contributed by atoms with Crippen molar-refractivity contribution in [3.05, 3.63) is 36.0 Å². The van der Waals surface area contributed by atoms with E-state index in [1.807, 2.05) is 0 Å². The summed E-state index contributed by atoms with van der Waals surface area (Å²) in [6.07, 6.45) is 5.06. The van der Waals surface area contributed by atoms with E-state index in [-0.39, 0.29) is 11.3 Å². The summed E-state index contributed by atoms with van der Waals surface area (Å²) >= 11 is 0. The zero-order valence-corrected chi connectivity index (χ0v) is 14.2. The minimum atomic E-state index is -0.346. The lowest BCUT2D eigenvalue weighted by Gasteiger charge is -2.40. The number of fused-ring (bicyclic) bond motifs is 1. The Bertz CT molecular complexity index is 706. The van der Waals surface area contributed by atoms with Gasteiger partial charge in [-0.3, -0.25) is 9.69 Å². The molecular weight excluding hydrogens is 286 g/mol. The van der Waals surface area contributed by atoms with E-state index in [1.165, 1.54) is 16.5 Å². The molecule has 2 N–H and O–H groups in total. The van der Waals surface area contributed by atoms with Crippen molar-refractivity contribution in [2.24, 2.45) is 11.1 Å². The molecule has 2 aromatic rings. The quantitative estimate of drug-likeness (QED) is 0.922. The topological polar surface area (TPSA) is 51.3 Å². The molecule has 1 fully saturated rings. The van der Waals surface area contributed by atoms with E-state index in [0.717, 1.165) is 45.4 Å². The molecule has 4 heteroatoms. The maximum atomic E-state index is 12.0. The highest BCUT2D eigenvalue weighted by Gasteiger charge is 2.39. The third-order valence-corrected chi connectivity index (χ3v) is 5.46. The summed E-state index contributed by atoms with van der Waals surface area (Å²) in [4.78, 5) is 14.4. The molecule has 1 atom stereocenters. The molecule has 3 rings (SSSR count). The number of piperidine rings is 1. The van der Waals surface area contributed by atoms with Crippen molar-refractivity contribution < 1.29 is 4.79 Å². The van der Waals surface area contributed by atoms with Gasteiger partial charge in [0.15, 0.2) is 0 Å². The molecule has 1 aliphatic heterocycles. The lowest BCUT2D eigenvalue weighted by Crippen LogP contribution is -2.49. The van der Waals surface area contributed by atoms with Crippen LogP contribution in [0.3, 0.4) is 0 Å². The van der Waals surface area contributed by atoms with E-state index in [1.54, 1.807) is 0 Å². The fourth-order valence-electron chi connectivity index (χ4n) is 3.98. The van der Waals surface area contributed by atoms with Crippen molar-refractivity contribution in [3.63, 3.8) is 0 Å². The molecule has 1 aliphatic rings. The summed E-state index contributed by atoms with van der Waals surface area (Å²) in [7, 11) is 0. The molecule has 0 bridgehead atoms. The Labute approximate surface area is 138 Å². The van der Waals surface area contributed by atoms with Crippen LogP contribution >= 0.6 is 0 Å². The van der Waals surface area contributed by atoms with Crippen LogP contribution in [0.2, 0.25) is 0 Å². The lowest BCUT2D eigenvalue weighted by molar-refractivity contribution is -0.131. The molecule has 1 aromatic carbocycles. The van der Waals surface area contributed by atoms with Crippen LogP contribution in [0.4, 0.5) is 0 Å². The predicted molar refractivity (Wildman–Crippen MR) is 94.0 cm³/mol. The number of carbonyl (C=O) groups excluding carboxylic acids is 1. The minimum absolute atomic E-state index is 0.138. The predicted octanol–water partition coefficient (Wildman–Crippen LogP) is 3.14. The summed E-state index contributed by atoms with van der Waals surface area (Å²) in [6, 6.07) is 8.57. The van der Waals surface area contributed by atoms with E-state index in [0.29, 0.717) is 0 Å². The van der Waals surface area contributed by atoms with E-state index in [4.69, 9.17) is 5.73 Å². The molecule has 0 radical (unpaired) electrons. The highest BCUT2D eigenvalue weighted by Crippen LogP contribution is 2.34. The molecule has 23 heavy (non-hydrogen) atoms. The van der Waals surface area contributed by atoms with Gasteiger partial charge >= 0.3 is 0 Å². The molecule has 0 aliphatic carbocycles. The van der Waals surface area contributed by atoms with E-state index < -0.39 is 0 Å². The molecule has 2 heterocycles. The van der Waals surface area contributed by atoms with E-state index in [2.05, 4.69) is 53.8 Å². The standard InChI is InChI=1S/C19H27N3O/c1-3-19(18(20)23)10-7-11-21(14-19)12-15-13-22(4-2)17-9-6-5-8-16(15)17/h5-6,8-9,13H,3-4,7,10-12,14H2,1-2H3,(H2,20,23). The van der Waals surface area contributed by atoms with Gasteiger partial charge in [-0.05, 0) is 44.4 Å². The highest BCUT2D eigenvalue weighted by atomic mass is 16.1. The van der Waals surface area contributed by atoms with Crippen molar-refractivity contribution in [3.8, 4) is 0 Å². The number of para-hydroxylation sites is 1. The van der Waals surface area contributed by atoms with Gasteiger partial charge in [0.2, 0.25) is 5.91 Å². The Morgan fingerprint density at radius 1 is 1.30 bits per heavy atom. The lowest BCUT2D eigenvalue weighted by atomic mass is 9.77. The van der Waals surface area contributed by atoms with Gasteiger partial charge in [-0.1, -0.05) is 25.1 Å². The largest absolute Gasteiger partial charge is 0.369 e. The summed E-state index contributed by atoms with van der Waals surface area (Å²) in [5.41, 5.74) is 8.01. The molecule has 1 amide bonds. The number of carbonyl (C=O) groups is 1. The summed E-state index contributed by atoms with van der Waals surface area (Å²) in [5.74, 6) is -0.138. The smallest absolute Gasteiger partial charge is 0.224 e. The highest BCUT2D eigenvalue weighted by molar-refractivity contribution is 5.84. The zero-order chi connectivity index (χ0) is 16.4. The van der Waals surface area contributed by atoms with Crippen molar-refractivity contribution in [2.75, 3.05) is 13.1 Å². The molecule has 1 aromatic heterocycles. The monoisotopic (exact) mass is 313 g/mol. The second-order valence-electron chi connectivity index (χ2n) is 6.77. The normalized spacial score (nSPS) is 22.5. The first-order valence-electron chi connectivity index (χ1n) is 8.68. The average Bonchev–Trinajstić information content (AvgIpc) is 2.93. The molecular formula is C19H27N3O. The Hall–Kier alpha value is -1.81. The number of rotatable bonds is 5. The molecule has 0 spiro atoms. The van der Waals surface area contributed by atoms with Gasteiger partial charge in [0.25, 0.3) is 0 Å². The number of nitrogens with zero attached hydrogens (tertiary/aromatic N) is 2. The van der Waals surface area contributed by atoms with Gasteiger partial charge < -0.3 is 10.3 Å². The first-order valence-corrected chi connectivity index (χ1v) is 8.68. The average molecular weight is 313 g/mol. The maximum Gasteiger partial charge on any atom is 0.224 e. The summed E-state index contributed by atoms with van der Waals surface area (Å²) < 4.78 is 2.30. The number of aryl methyl sites for hydroxylation is 1. The second kappa shape index (κ2) is 6.36. The summed E-state index contributed by atoms with van der Waals surface area (Å²) in [5, 5.41) is 1.32. The van der Waals surface area contributed by atoms with Crippen LogP contribution in [-0.2, 0) is 17.9 Å². The van der Waals surface area contributed by atoms with Crippen LogP contribution in [0.1, 0.15) is 38.7 Å². The van der Waals surface area contributed by atoms with Gasteiger partial charge in [-0.2, -0.15) is 0 Å². The van der Waals surface area contributed by atoms with Gasteiger partial charge in [-0.25, -0.2) is 0 Å². The molecule has 0 saturated carbocycles. The third kappa shape index (κ3) is 2.88. The number of aromatic nitrogens is 1. The van der Waals surface area contributed by atoms with Crippen LogP contribution in [0, 0.1) is 5.41 Å². The van der Waals surface area contributed by atoms with Crippen LogP contribution < -0.4 is 5.73 Å². The molecule has 1 unspecified atom stereocenters. The number of primary amides is 1. The van der Waals surface area contributed by atoms with Crippen LogP contribution in [0.25, 0.3) is 10.9 Å². The van der Waals surface area contributed by atoms with Crippen molar-refractivity contribution in [2.45, 2.75) is 46.2 Å². The Kier molecular flexibility index (Phi) is 4.44. The van der Waals surface area contributed by atoms with Crippen LogP contribution in [0.15, 0.2) is 30.5 Å². The third-order valence-electron chi connectivity index (χ3n) is 5.46. The van der Waals surface area contributed by atoms with Crippen molar-refractivity contribution in [1.82, 2.24) is 9.47 Å². The number of benzene rings is 1. The Balaban J connectivity index is 1.86. The van der Waals surface area contributed by atoms with Gasteiger partial charge in [0.1, 0.15) is 0 Å².